The third-order valence-corrected chi connectivity index (χ3v) is 3.72. The van der Waals surface area contributed by atoms with Crippen molar-refractivity contribution in [1.82, 2.24) is 0 Å². The van der Waals surface area contributed by atoms with Gasteiger partial charge < -0.3 is 0 Å². The molecule has 3 aromatic rings. The molecule has 0 aromatic heterocycles. The van der Waals surface area contributed by atoms with Crippen molar-refractivity contribution in [3.8, 4) is 0 Å². The Bertz CT molecular complexity index is 878. The Labute approximate surface area is 130 Å². The van der Waals surface area contributed by atoms with Gasteiger partial charge in [0.25, 0.3) is 0 Å². The molecule has 0 unspecified atom stereocenters. The van der Waals surface area contributed by atoms with Gasteiger partial charge >= 0.3 is 0 Å². The Morgan fingerprint density at radius 1 is 0.773 bits per heavy atom. The summed E-state index contributed by atoms with van der Waals surface area (Å²) in [6, 6.07) is 22.0. The third kappa shape index (κ3) is 2.96. The molecular formula is C20H17NO. The van der Waals surface area contributed by atoms with Crippen molar-refractivity contribution >= 4 is 28.0 Å². The summed E-state index contributed by atoms with van der Waals surface area (Å²) >= 11 is 0. The molecule has 0 fully saturated rings. The molecule has 22 heavy (non-hydrogen) atoms. The van der Waals surface area contributed by atoms with E-state index in [1.54, 1.807) is 6.92 Å². The maximum atomic E-state index is 11.5. The monoisotopic (exact) mass is 287 g/mol. The highest BCUT2D eigenvalue weighted by Crippen LogP contribution is 2.22. The second kappa shape index (κ2) is 5.94. The fourth-order valence-electron chi connectivity index (χ4n) is 2.47. The van der Waals surface area contributed by atoms with Crippen LogP contribution in [0.5, 0.6) is 0 Å². The highest BCUT2D eigenvalue weighted by atomic mass is 16.1. The Morgan fingerprint density at radius 2 is 1.50 bits per heavy atom. The first-order valence-electron chi connectivity index (χ1n) is 7.29. The molecule has 0 bridgehead atoms. The number of carbonyl (C=O) groups is 1. The molecule has 0 aliphatic heterocycles. The zero-order valence-electron chi connectivity index (χ0n) is 12.7. The van der Waals surface area contributed by atoms with Crippen molar-refractivity contribution in [2.75, 3.05) is 0 Å². The lowest BCUT2D eigenvalue weighted by Crippen LogP contribution is -1.98. The van der Waals surface area contributed by atoms with Crippen LogP contribution in [0.25, 0.3) is 10.8 Å². The Hall–Kier alpha value is -2.74. The molecule has 0 N–H and O–H groups in total. The molecule has 0 amide bonds. The molecule has 3 rings (SSSR count). The number of rotatable bonds is 3. The number of benzene rings is 3. The van der Waals surface area contributed by atoms with Crippen molar-refractivity contribution in [2.45, 2.75) is 13.8 Å². The predicted molar refractivity (Wildman–Crippen MR) is 92.3 cm³/mol. The van der Waals surface area contributed by atoms with E-state index < -0.39 is 0 Å². The summed E-state index contributed by atoms with van der Waals surface area (Å²) in [6.45, 7) is 3.55. The van der Waals surface area contributed by atoms with Gasteiger partial charge in [-0.15, -0.1) is 0 Å². The van der Waals surface area contributed by atoms with E-state index in [0.29, 0.717) is 5.56 Å². The quantitative estimate of drug-likeness (QED) is 0.482. The fraction of sp³-hybridized carbons (Fsp3) is 0.100. The first kappa shape index (κ1) is 14.2. The van der Waals surface area contributed by atoms with Crippen LogP contribution in [0, 0.1) is 0 Å². The number of Topliss-reactive ketones (excluding diaryl/α,β-unsaturated/α-hetero) is 1. The highest BCUT2D eigenvalue weighted by molar-refractivity contribution is 6.03. The number of ketones is 1. The molecular weight excluding hydrogens is 270 g/mol. The van der Waals surface area contributed by atoms with E-state index in [4.69, 9.17) is 0 Å². The predicted octanol–water partition coefficient (Wildman–Crippen LogP) is 5.18. The average Bonchev–Trinajstić information content (AvgIpc) is 2.55. The van der Waals surface area contributed by atoms with Crippen molar-refractivity contribution in [3.05, 3.63) is 77.9 Å². The van der Waals surface area contributed by atoms with Crippen LogP contribution < -0.4 is 0 Å². The molecule has 0 radical (unpaired) electrons. The van der Waals surface area contributed by atoms with Gasteiger partial charge in [-0.1, -0.05) is 48.5 Å². The van der Waals surface area contributed by atoms with Crippen LogP contribution >= 0.6 is 0 Å². The van der Waals surface area contributed by atoms with E-state index in [9.17, 15) is 4.79 Å². The molecule has 2 heteroatoms. The highest BCUT2D eigenvalue weighted by Gasteiger charge is 2.03. The van der Waals surface area contributed by atoms with Gasteiger partial charge in [0.2, 0.25) is 0 Å². The van der Waals surface area contributed by atoms with Crippen LogP contribution in [0.4, 0.5) is 5.69 Å². The SMILES string of the molecule is CC(=O)c1cccc(/C(C)=N/c2ccc3ccccc3c2)c1. The number of hydrogen-bond acceptors (Lipinski definition) is 2. The molecule has 108 valence electrons. The lowest BCUT2D eigenvalue weighted by Gasteiger charge is -2.04. The molecule has 0 aliphatic rings. The number of hydrogen-bond donors (Lipinski definition) is 0. The van der Waals surface area contributed by atoms with Gasteiger partial charge in [-0.3, -0.25) is 9.79 Å². The molecule has 0 saturated carbocycles. The summed E-state index contributed by atoms with van der Waals surface area (Å²) in [5, 5.41) is 2.38. The van der Waals surface area contributed by atoms with Gasteiger partial charge in [0.1, 0.15) is 0 Å². The zero-order valence-corrected chi connectivity index (χ0v) is 12.7. The van der Waals surface area contributed by atoms with E-state index in [0.717, 1.165) is 17.0 Å². The first-order chi connectivity index (χ1) is 10.6. The lowest BCUT2D eigenvalue weighted by molar-refractivity contribution is 0.101. The molecule has 0 aliphatic carbocycles. The van der Waals surface area contributed by atoms with Gasteiger partial charge in [-0.05, 0) is 48.4 Å². The Balaban J connectivity index is 1.98. The maximum absolute atomic E-state index is 11.5. The van der Waals surface area contributed by atoms with Crippen LogP contribution in [-0.4, -0.2) is 11.5 Å². The maximum Gasteiger partial charge on any atom is 0.159 e. The summed E-state index contributed by atoms with van der Waals surface area (Å²) in [6.07, 6.45) is 0. The second-order valence-corrected chi connectivity index (χ2v) is 5.37. The Morgan fingerprint density at radius 3 is 2.27 bits per heavy atom. The summed E-state index contributed by atoms with van der Waals surface area (Å²) in [5.41, 5.74) is 3.51. The van der Waals surface area contributed by atoms with Gasteiger partial charge in [-0.2, -0.15) is 0 Å². The Kier molecular flexibility index (Phi) is 3.84. The smallest absolute Gasteiger partial charge is 0.159 e. The summed E-state index contributed by atoms with van der Waals surface area (Å²) in [5.74, 6) is 0.0698. The van der Waals surface area contributed by atoms with Gasteiger partial charge in [0.05, 0.1) is 5.69 Å². The topological polar surface area (TPSA) is 29.4 Å². The molecule has 0 heterocycles. The molecule has 0 saturated heterocycles. The van der Waals surface area contributed by atoms with E-state index in [2.05, 4.69) is 29.3 Å². The lowest BCUT2D eigenvalue weighted by atomic mass is 10.1. The summed E-state index contributed by atoms with van der Waals surface area (Å²) in [4.78, 5) is 16.2. The minimum Gasteiger partial charge on any atom is -0.295 e. The van der Waals surface area contributed by atoms with Gasteiger partial charge in [0, 0.05) is 11.3 Å². The fourth-order valence-corrected chi connectivity index (χ4v) is 2.47. The molecule has 3 aromatic carbocycles. The first-order valence-corrected chi connectivity index (χ1v) is 7.29. The normalized spacial score (nSPS) is 11.6. The molecule has 0 atom stereocenters. The minimum atomic E-state index is 0.0698. The van der Waals surface area contributed by atoms with E-state index in [1.165, 1.54) is 10.8 Å². The average molecular weight is 287 g/mol. The van der Waals surface area contributed by atoms with Gasteiger partial charge in [-0.25, -0.2) is 0 Å². The van der Waals surface area contributed by atoms with E-state index >= 15 is 0 Å². The summed E-state index contributed by atoms with van der Waals surface area (Å²) in [7, 11) is 0. The van der Waals surface area contributed by atoms with Crippen molar-refractivity contribution in [1.29, 1.82) is 0 Å². The second-order valence-electron chi connectivity index (χ2n) is 5.37. The number of aliphatic imine (C=N–C) groups is 1. The minimum absolute atomic E-state index is 0.0698. The zero-order chi connectivity index (χ0) is 15.5. The number of fused-ring (bicyclic) bond motifs is 1. The van der Waals surface area contributed by atoms with E-state index in [1.807, 2.05) is 49.4 Å². The van der Waals surface area contributed by atoms with Crippen LogP contribution in [0.2, 0.25) is 0 Å². The third-order valence-electron chi connectivity index (χ3n) is 3.72. The van der Waals surface area contributed by atoms with Crippen molar-refractivity contribution in [2.24, 2.45) is 4.99 Å². The van der Waals surface area contributed by atoms with Crippen LogP contribution in [0.1, 0.15) is 29.8 Å². The molecule has 2 nitrogen and oxygen atoms in total. The van der Waals surface area contributed by atoms with Crippen LogP contribution in [0.3, 0.4) is 0 Å². The van der Waals surface area contributed by atoms with Gasteiger partial charge in [0.15, 0.2) is 5.78 Å². The standard InChI is InChI=1S/C20H17NO/c1-14(17-8-5-9-18(12-17)15(2)22)21-20-11-10-16-6-3-4-7-19(16)13-20/h3-13H,1-2H3/b21-14+. The van der Waals surface area contributed by atoms with Crippen LogP contribution in [-0.2, 0) is 0 Å². The summed E-state index contributed by atoms with van der Waals surface area (Å²) < 4.78 is 0. The molecule has 0 spiro atoms. The van der Waals surface area contributed by atoms with E-state index in [-0.39, 0.29) is 5.78 Å². The van der Waals surface area contributed by atoms with Crippen molar-refractivity contribution < 1.29 is 4.79 Å². The number of nitrogens with zero attached hydrogens (tertiary/aromatic N) is 1. The van der Waals surface area contributed by atoms with Crippen molar-refractivity contribution in [3.63, 3.8) is 0 Å². The number of carbonyl (C=O) groups excluding carboxylic acids is 1. The van der Waals surface area contributed by atoms with Crippen LogP contribution in [0.15, 0.2) is 71.7 Å². The largest absolute Gasteiger partial charge is 0.295 e.